The molecule has 0 fully saturated rings. The number of hydrogen-bond donors (Lipinski definition) is 2. The lowest BCUT2D eigenvalue weighted by Crippen LogP contribution is -2.40. The maximum atomic E-state index is 15.1. The predicted molar refractivity (Wildman–Crippen MR) is 241 cm³/mol. The Bertz CT molecular complexity index is 3460. The summed E-state index contributed by atoms with van der Waals surface area (Å²) in [6, 6.07) is 31.4. The average molecular weight is 891 g/mol. The smallest absolute Gasteiger partial charge is 0.399 e. The molecule has 0 saturated heterocycles. The van der Waals surface area contributed by atoms with Crippen LogP contribution in [0.5, 0.6) is 0 Å². The van der Waals surface area contributed by atoms with E-state index in [9.17, 15) is 32.3 Å². The average Bonchev–Trinajstić information content (AvgIpc) is 3.27. The fourth-order valence-electron chi connectivity index (χ4n) is 9.38. The van der Waals surface area contributed by atoms with E-state index in [2.05, 4.69) is 0 Å². The van der Waals surface area contributed by atoms with Crippen LogP contribution in [0.1, 0.15) is 63.7 Å². The molecule has 8 aromatic rings. The minimum Gasteiger partial charge on any atom is -0.399 e. The van der Waals surface area contributed by atoms with Crippen LogP contribution in [-0.2, 0) is 12.4 Å². The number of benzene rings is 8. The topological polar surface area (TPSA) is 127 Å². The highest BCUT2D eigenvalue weighted by Gasteiger charge is 2.41. The molecular formula is C52H32F6N4O4. The van der Waals surface area contributed by atoms with E-state index >= 15 is 13.2 Å². The van der Waals surface area contributed by atoms with Gasteiger partial charge in [0.15, 0.2) is 0 Å². The molecular weight excluding hydrogens is 859 g/mol. The van der Waals surface area contributed by atoms with Crippen LogP contribution in [0.3, 0.4) is 0 Å². The number of anilines is 4. The first kappa shape index (κ1) is 41.7. The van der Waals surface area contributed by atoms with E-state index in [-0.39, 0.29) is 72.2 Å². The molecule has 0 spiro atoms. The first-order valence-electron chi connectivity index (χ1n) is 20.4. The highest BCUT2D eigenvalue weighted by atomic mass is 19.4. The Morgan fingerprint density at radius 2 is 0.727 bits per heavy atom. The number of aryl methyl sites for hydroxylation is 2. The number of hydrogen-bond acceptors (Lipinski definition) is 6. The van der Waals surface area contributed by atoms with Crippen molar-refractivity contribution < 1.29 is 45.5 Å². The second kappa shape index (κ2) is 14.6. The van der Waals surface area contributed by atoms with Gasteiger partial charge < -0.3 is 11.5 Å². The molecule has 0 saturated carbocycles. The third-order valence-electron chi connectivity index (χ3n) is 12.3. The van der Waals surface area contributed by atoms with Crippen LogP contribution in [-0.4, -0.2) is 23.6 Å². The molecule has 0 radical (unpaired) electrons. The second-order valence-electron chi connectivity index (χ2n) is 16.3. The summed E-state index contributed by atoms with van der Waals surface area (Å²) in [5, 5.41) is 1.38. The standard InChI is InChI=1S/C52H32F6N4O4/c1-25-21-27(59)9-13-31(25)33-17-19-41-45-37(33)5-3-7-39(45)47(63)61(49(41)65)29-11-15-32(26(2)22-29)35-16-12-30(24-44(35)52(56,57)58)62-48(64)40-8-4-6-38-34(18-20-42(46(38)40)50(62)66)36-14-10-28(60)23-43(36)51(53,54)55/h3-24H,59-60H2,1-2H3. The Morgan fingerprint density at radius 3 is 1.23 bits per heavy atom. The Morgan fingerprint density at radius 1 is 0.379 bits per heavy atom. The number of alkyl halides is 6. The van der Waals surface area contributed by atoms with Gasteiger partial charge in [0, 0.05) is 44.4 Å². The van der Waals surface area contributed by atoms with Crippen molar-refractivity contribution in [2.45, 2.75) is 26.2 Å². The minimum absolute atomic E-state index is 0.0541. The fraction of sp³-hybridized carbons (Fsp3) is 0.0769. The van der Waals surface area contributed by atoms with Gasteiger partial charge in [-0.05, 0) is 142 Å². The Hall–Kier alpha value is -8.26. The predicted octanol–water partition coefficient (Wildman–Crippen LogP) is 12.4. The van der Waals surface area contributed by atoms with E-state index in [1.54, 1.807) is 24.3 Å². The number of amides is 4. The van der Waals surface area contributed by atoms with Crippen molar-refractivity contribution in [1.29, 1.82) is 0 Å². The largest absolute Gasteiger partial charge is 0.417 e. The van der Waals surface area contributed by atoms with Gasteiger partial charge in [-0.1, -0.05) is 60.7 Å². The molecule has 326 valence electrons. The molecule has 0 aliphatic carbocycles. The van der Waals surface area contributed by atoms with Crippen molar-refractivity contribution in [1.82, 2.24) is 0 Å². The number of nitrogen functional groups attached to an aromatic ring is 2. The van der Waals surface area contributed by atoms with Crippen LogP contribution >= 0.6 is 0 Å². The van der Waals surface area contributed by atoms with Gasteiger partial charge in [-0.3, -0.25) is 19.2 Å². The molecule has 8 nitrogen and oxygen atoms in total. The van der Waals surface area contributed by atoms with Gasteiger partial charge in [0.05, 0.1) is 22.5 Å². The van der Waals surface area contributed by atoms with Crippen LogP contribution in [0.25, 0.3) is 54.9 Å². The normalized spacial score (nSPS) is 13.9. The summed E-state index contributed by atoms with van der Waals surface area (Å²) in [5.74, 6) is -3.18. The van der Waals surface area contributed by atoms with Gasteiger partial charge >= 0.3 is 12.4 Å². The third-order valence-corrected chi connectivity index (χ3v) is 12.3. The molecule has 10 rings (SSSR count). The lowest BCUT2D eigenvalue weighted by Gasteiger charge is -2.29. The lowest BCUT2D eigenvalue weighted by molar-refractivity contribution is -0.137. The van der Waals surface area contributed by atoms with Gasteiger partial charge in [0.25, 0.3) is 23.6 Å². The van der Waals surface area contributed by atoms with Crippen LogP contribution < -0.4 is 21.3 Å². The molecule has 2 aliphatic heterocycles. The van der Waals surface area contributed by atoms with Gasteiger partial charge in [0.1, 0.15) is 0 Å². The summed E-state index contributed by atoms with van der Waals surface area (Å²) in [5.41, 5.74) is 12.5. The lowest BCUT2D eigenvalue weighted by atomic mass is 9.87. The zero-order valence-electron chi connectivity index (χ0n) is 34.7. The fourth-order valence-corrected chi connectivity index (χ4v) is 9.38. The number of nitrogens with two attached hydrogens (primary N) is 2. The number of carbonyl (C=O) groups is 4. The van der Waals surface area contributed by atoms with Gasteiger partial charge in [-0.25, -0.2) is 9.80 Å². The van der Waals surface area contributed by atoms with E-state index in [0.717, 1.165) is 33.7 Å². The molecule has 2 aliphatic rings. The quantitative estimate of drug-likeness (QED) is 0.101. The zero-order chi connectivity index (χ0) is 46.7. The Labute approximate surface area is 371 Å². The molecule has 4 N–H and O–H groups in total. The van der Waals surface area contributed by atoms with Crippen LogP contribution in [0.15, 0.2) is 133 Å². The Balaban J connectivity index is 1.00. The summed E-state index contributed by atoms with van der Waals surface area (Å²) in [7, 11) is 0. The van der Waals surface area contributed by atoms with E-state index < -0.39 is 52.8 Å². The third kappa shape index (κ3) is 6.38. The highest BCUT2D eigenvalue weighted by Crippen LogP contribution is 2.46. The first-order chi connectivity index (χ1) is 31.3. The maximum absolute atomic E-state index is 15.1. The van der Waals surface area contributed by atoms with E-state index in [1.165, 1.54) is 73.7 Å². The van der Waals surface area contributed by atoms with Gasteiger partial charge in [-0.2, -0.15) is 26.3 Å². The summed E-state index contributed by atoms with van der Waals surface area (Å²) < 4.78 is 87.8. The summed E-state index contributed by atoms with van der Waals surface area (Å²) in [6.45, 7) is 3.45. The van der Waals surface area contributed by atoms with Gasteiger partial charge in [0.2, 0.25) is 0 Å². The number of halogens is 6. The van der Waals surface area contributed by atoms with Crippen molar-refractivity contribution in [3.8, 4) is 33.4 Å². The SMILES string of the molecule is Cc1cc(N2C(=O)c3cccc4c(-c5ccc(N)cc5C)ccc(c34)C2=O)ccc1-c1ccc(N2C(=O)c3cccc4c(-c5ccc(N)cc5C(F)(F)F)ccc(c34)C2=O)cc1C(F)(F)F. The van der Waals surface area contributed by atoms with Crippen molar-refractivity contribution in [3.05, 3.63) is 178 Å². The number of nitrogens with zero attached hydrogens (tertiary/aromatic N) is 2. The van der Waals surface area contributed by atoms with Crippen LogP contribution in [0.4, 0.5) is 49.1 Å². The molecule has 14 heteroatoms. The first-order valence-corrected chi connectivity index (χ1v) is 20.4. The summed E-state index contributed by atoms with van der Waals surface area (Å²) in [4.78, 5) is 58.3. The molecule has 2 heterocycles. The molecule has 0 bridgehead atoms. The maximum Gasteiger partial charge on any atom is 0.417 e. The molecule has 8 aromatic carbocycles. The number of rotatable bonds is 5. The zero-order valence-corrected chi connectivity index (χ0v) is 34.7. The molecule has 0 atom stereocenters. The molecule has 0 unspecified atom stereocenters. The van der Waals surface area contributed by atoms with Crippen molar-refractivity contribution >= 4 is 67.9 Å². The molecule has 66 heavy (non-hydrogen) atoms. The van der Waals surface area contributed by atoms with E-state index in [4.69, 9.17) is 11.5 Å². The molecule has 4 amide bonds. The summed E-state index contributed by atoms with van der Waals surface area (Å²) >= 11 is 0. The minimum atomic E-state index is -5.01. The van der Waals surface area contributed by atoms with Crippen molar-refractivity contribution in [2.24, 2.45) is 0 Å². The molecule has 0 aromatic heterocycles. The second-order valence-corrected chi connectivity index (χ2v) is 16.3. The van der Waals surface area contributed by atoms with Gasteiger partial charge in [-0.15, -0.1) is 0 Å². The summed E-state index contributed by atoms with van der Waals surface area (Å²) in [6.07, 6.45) is -9.81. The Kier molecular flexibility index (Phi) is 9.26. The van der Waals surface area contributed by atoms with E-state index in [0.29, 0.717) is 27.4 Å². The van der Waals surface area contributed by atoms with Crippen molar-refractivity contribution in [2.75, 3.05) is 21.3 Å². The van der Waals surface area contributed by atoms with E-state index in [1.807, 2.05) is 31.2 Å². The van der Waals surface area contributed by atoms with Crippen LogP contribution in [0, 0.1) is 13.8 Å². The monoisotopic (exact) mass is 890 g/mol. The highest BCUT2D eigenvalue weighted by molar-refractivity contribution is 6.38. The van der Waals surface area contributed by atoms with Crippen molar-refractivity contribution in [3.63, 3.8) is 0 Å². The number of imide groups is 2. The van der Waals surface area contributed by atoms with Crippen LogP contribution in [0.2, 0.25) is 0 Å². The number of carbonyl (C=O) groups excluding carboxylic acids is 4.